The Morgan fingerprint density at radius 2 is 1.91 bits per heavy atom. The van der Waals surface area contributed by atoms with Crippen molar-refractivity contribution in [2.45, 2.75) is 25.5 Å². The summed E-state index contributed by atoms with van der Waals surface area (Å²) in [6, 6.07) is 8.05. The molecule has 1 atom stereocenters. The van der Waals surface area contributed by atoms with Crippen molar-refractivity contribution in [1.82, 2.24) is 5.32 Å². The van der Waals surface area contributed by atoms with Crippen LogP contribution in [0.5, 0.6) is 0 Å². The fourth-order valence-electron chi connectivity index (χ4n) is 1.67. The molecule has 0 heterocycles. The Hall–Kier alpha value is -2.48. The number of rotatable bonds is 8. The Balaban J connectivity index is 0.00000484. The molecule has 128 valence electrons. The normalized spacial score (nSPS) is 10.8. The molecule has 1 aromatic carbocycles. The van der Waals surface area contributed by atoms with Crippen LogP contribution in [-0.2, 0) is 16.1 Å². The van der Waals surface area contributed by atoms with Crippen molar-refractivity contribution >= 4 is 30.4 Å². The number of nitrogens with two attached hydrogens (primary N) is 2. The number of aliphatic carboxylic acids is 1. The Kier molecular flexibility index (Phi) is 9.94. The summed E-state index contributed by atoms with van der Waals surface area (Å²) in [6.45, 7) is 0.375. The Labute approximate surface area is 140 Å². The summed E-state index contributed by atoms with van der Waals surface area (Å²) in [5, 5.41) is 11.4. The second-order valence-electron chi connectivity index (χ2n) is 4.55. The lowest BCUT2D eigenvalue weighted by Crippen LogP contribution is -2.41. The first-order valence-corrected chi connectivity index (χ1v) is 6.74. The number of carboxylic acids is 1. The van der Waals surface area contributed by atoms with Crippen LogP contribution in [0.4, 0.5) is 4.79 Å². The second-order valence-corrected chi connectivity index (χ2v) is 4.55. The van der Waals surface area contributed by atoms with Crippen LogP contribution in [0.25, 0.3) is 0 Å². The summed E-state index contributed by atoms with van der Waals surface area (Å²) in [6.07, 6.45) is -0.154. The number of aliphatic imine (C=N–C) groups is 1. The van der Waals surface area contributed by atoms with Gasteiger partial charge in [0.25, 0.3) is 0 Å². The Morgan fingerprint density at radius 1 is 1.26 bits per heavy atom. The predicted molar refractivity (Wildman–Crippen MR) is 88.3 cm³/mol. The maximum absolute atomic E-state index is 11.6. The van der Waals surface area contributed by atoms with Crippen molar-refractivity contribution in [3.8, 4) is 0 Å². The summed E-state index contributed by atoms with van der Waals surface area (Å²) < 4.78 is 4.97. The smallest absolute Gasteiger partial charge is 0.408 e. The minimum Gasteiger partial charge on any atom is -0.480 e. The standard InChI is InChI=1S/C14H20N4O4.ClH/c15-13(16)17-8-4-7-11(12(19)20)18-14(21)22-9-10-5-2-1-3-6-10;/h1-3,5-6,11H,4,7-9H2,(H,18,21)(H,19,20)(H4,15,16,17);1H. The highest BCUT2D eigenvalue weighted by molar-refractivity contribution is 5.85. The first-order chi connectivity index (χ1) is 10.5. The molecule has 1 amide bonds. The molecule has 1 unspecified atom stereocenters. The zero-order valence-corrected chi connectivity index (χ0v) is 13.3. The van der Waals surface area contributed by atoms with Gasteiger partial charge in [-0.1, -0.05) is 30.3 Å². The molecule has 9 heteroatoms. The first kappa shape index (κ1) is 20.5. The third-order valence-corrected chi connectivity index (χ3v) is 2.75. The molecule has 1 rings (SSSR count). The van der Waals surface area contributed by atoms with Crippen molar-refractivity contribution < 1.29 is 19.4 Å². The molecule has 0 aromatic heterocycles. The summed E-state index contributed by atoms with van der Waals surface area (Å²) in [5.41, 5.74) is 11.1. The van der Waals surface area contributed by atoms with Crippen molar-refractivity contribution in [1.29, 1.82) is 0 Å². The molecule has 23 heavy (non-hydrogen) atoms. The molecule has 6 N–H and O–H groups in total. The average molecular weight is 345 g/mol. The molecule has 0 spiro atoms. The van der Waals surface area contributed by atoms with Gasteiger partial charge in [0.05, 0.1) is 0 Å². The van der Waals surface area contributed by atoms with Crippen molar-refractivity contribution in [3.05, 3.63) is 35.9 Å². The Bertz CT molecular complexity index is 521. The van der Waals surface area contributed by atoms with E-state index in [-0.39, 0.29) is 31.4 Å². The molecule has 0 saturated carbocycles. The van der Waals surface area contributed by atoms with Gasteiger partial charge in [-0.2, -0.15) is 0 Å². The minimum absolute atomic E-state index is 0. The van der Waals surface area contributed by atoms with E-state index < -0.39 is 18.1 Å². The summed E-state index contributed by atoms with van der Waals surface area (Å²) in [7, 11) is 0. The van der Waals surface area contributed by atoms with Crippen LogP contribution >= 0.6 is 12.4 Å². The average Bonchev–Trinajstić information content (AvgIpc) is 2.48. The molecule has 0 aliphatic rings. The monoisotopic (exact) mass is 344 g/mol. The second kappa shape index (κ2) is 11.1. The molecular weight excluding hydrogens is 324 g/mol. The van der Waals surface area contributed by atoms with Gasteiger partial charge >= 0.3 is 12.1 Å². The van der Waals surface area contributed by atoms with Crippen LogP contribution in [0.3, 0.4) is 0 Å². The van der Waals surface area contributed by atoms with Crippen molar-refractivity contribution in [2.24, 2.45) is 16.5 Å². The molecule has 0 aliphatic carbocycles. The summed E-state index contributed by atoms with van der Waals surface area (Å²) in [4.78, 5) is 26.4. The number of nitrogens with zero attached hydrogens (tertiary/aromatic N) is 1. The number of hydrogen-bond donors (Lipinski definition) is 4. The SMILES string of the molecule is Cl.NC(N)=NCCCC(NC(=O)OCc1ccccc1)C(=O)O. The molecule has 0 bridgehead atoms. The molecule has 0 saturated heterocycles. The number of halogens is 1. The van der Waals surface area contributed by atoms with E-state index in [0.717, 1.165) is 5.56 Å². The van der Waals surface area contributed by atoms with Gasteiger partial charge < -0.3 is 26.6 Å². The van der Waals surface area contributed by atoms with Gasteiger partial charge in [-0.3, -0.25) is 4.99 Å². The van der Waals surface area contributed by atoms with Gasteiger partial charge in [0.2, 0.25) is 0 Å². The van der Waals surface area contributed by atoms with Crippen LogP contribution in [0.2, 0.25) is 0 Å². The lowest BCUT2D eigenvalue weighted by molar-refractivity contribution is -0.139. The molecular formula is C14H21ClN4O4. The lowest BCUT2D eigenvalue weighted by Gasteiger charge is -2.14. The van der Waals surface area contributed by atoms with Crippen LogP contribution < -0.4 is 16.8 Å². The molecule has 0 aliphatic heterocycles. The molecule has 8 nitrogen and oxygen atoms in total. The zero-order valence-electron chi connectivity index (χ0n) is 12.5. The van der Waals surface area contributed by atoms with Crippen LogP contribution in [0.15, 0.2) is 35.3 Å². The number of ether oxygens (including phenoxy) is 1. The van der Waals surface area contributed by atoms with Crippen LogP contribution in [0, 0.1) is 0 Å². The molecule has 0 fully saturated rings. The number of guanidine groups is 1. The predicted octanol–water partition coefficient (Wildman–Crippen LogP) is 0.841. The van der Waals surface area contributed by atoms with Gasteiger partial charge in [0.1, 0.15) is 12.6 Å². The quantitative estimate of drug-likeness (QED) is 0.313. The minimum atomic E-state index is -1.14. The van der Waals surface area contributed by atoms with Gasteiger partial charge in [0, 0.05) is 6.54 Å². The number of carbonyl (C=O) groups is 2. The lowest BCUT2D eigenvalue weighted by atomic mass is 10.1. The highest BCUT2D eigenvalue weighted by Crippen LogP contribution is 2.03. The van der Waals surface area contributed by atoms with E-state index in [1.807, 2.05) is 18.2 Å². The molecule has 1 aromatic rings. The summed E-state index contributed by atoms with van der Waals surface area (Å²) in [5.74, 6) is -1.19. The number of hydrogen-bond acceptors (Lipinski definition) is 4. The number of nitrogens with one attached hydrogen (secondary N) is 1. The summed E-state index contributed by atoms with van der Waals surface area (Å²) >= 11 is 0. The maximum Gasteiger partial charge on any atom is 0.408 e. The van der Waals surface area contributed by atoms with Crippen LogP contribution in [-0.4, -0.2) is 35.7 Å². The topological polar surface area (TPSA) is 140 Å². The van der Waals surface area contributed by atoms with Gasteiger partial charge in [-0.15, -0.1) is 12.4 Å². The third-order valence-electron chi connectivity index (χ3n) is 2.75. The highest BCUT2D eigenvalue weighted by atomic mass is 35.5. The van der Waals surface area contributed by atoms with E-state index in [4.69, 9.17) is 21.3 Å². The van der Waals surface area contributed by atoms with E-state index in [9.17, 15) is 9.59 Å². The number of benzene rings is 1. The van der Waals surface area contributed by atoms with Gasteiger partial charge in [0.15, 0.2) is 5.96 Å². The number of amides is 1. The fourth-order valence-corrected chi connectivity index (χ4v) is 1.67. The van der Waals surface area contributed by atoms with Gasteiger partial charge in [-0.05, 0) is 18.4 Å². The first-order valence-electron chi connectivity index (χ1n) is 6.74. The zero-order chi connectivity index (χ0) is 16.4. The van der Waals surface area contributed by atoms with Crippen LogP contribution in [0.1, 0.15) is 18.4 Å². The fraction of sp³-hybridized carbons (Fsp3) is 0.357. The van der Waals surface area contributed by atoms with E-state index in [1.165, 1.54) is 0 Å². The van der Waals surface area contributed by atoms with E-state index >= 15 is 0 Å². The van der Waals surface area contributed by atoms with Crippen molar-refractivity contribution in [3.63, 3.8) is 0 Å². The van der Waals surface area contributed by atoms with E-state index in [0.29, 0.717) is 13.0 Å². The van der Waals surface area contributed by atoms with E-state index in [2.05, 4.69) is 10.3 Å². The third kappa shape index (κ3) is 9.20. The van der Waals surface area contributed by atoms with E-state index in [1.54, 1.807) is 12.1 Å². The van der Waals surface area contributed by atoms with Gasteiger partial charge in [-0.25, -0.2) is 9.59 Å². The number of alkyl carbamates (subject to hydrolysis) is 1. The largest absolute Gasteiger partial charge is 0.480 e. The molecule has 0 radical (unpaired) electrons. The van der Waals surface area contributed by atoms with Crippen molar-refractivity contribution in [2.75, 3.05) is 6.54 Å². The number of carboxylic acid groups (broad SMARTS) is 1. The number of carbonyl (C=O) groups excluding carboxylic acids is 1. The Morgan fingerprint density at radius 3 is 2.48 bits per heavy atom. The maximum atomic E-state index is 11.6. The highest BCUT2D eigenvalue weighted by Gasteiger charge is 2.20.